The lowest BCUT2D eigenvalue weighted by atomic mass is 10.1. The third-order valence-electron chi connectivity index (χ3n) is 4.17. The number of aromatic nitrogens is 1. The van der Waals surface area contributed by atoms with Crippen LogP contribution in [0.1, 0.15) is 29.6 Å². The van der Waals surface area contributed by atoms with Gasteiger partial charge in [-0.3, -0.25) is 4.79 Å². The molecule has 0 saturated carbocycles. The number of carbonyl (C=O) groups excluding carboxylic acids is 1. The molecule has 1 amide bonds. The van der Waals surface area contributed by atoms with Crippen LogP contribution >= 0.6 is 0 Å². The summed E-state index contributed by atoms with van der Waals surface area (Å²) in [5, 5.41) is 9.04. The van der Waals surface area contributed by atoms with Gasteiger partial charge in [-0.1, -0.05) is 0 Å². The summed E-state index contributed by atoms with van der Waals surface area (Å²) in [5.41, 5.74) is 0.628. The Kier molecular flexibility index (Phi) is 4.54. The number of ether oxygens (including phenoxy) is 1. The Morgan fingerprint density at radius 3 is 2.91 bits per heavy atom. The average molecular weight is 300 g/mol. The summed E-state index contributed by atoms with van der Waals surface area (Å²) in [5.74, 6) is 0.712. The third-order valence-corrected chi connectivity index (χ3v) is 4.17. The fourth-order valence-electron chi connectivity index (χ4n) is 3.00. The number of hydrogen-bond donors (Lipinski definition) is 0. The number of likely N-dealkylation sites (tertiary alicyclic amines) is 1. The summed E-state index contributed by atoms with van der Waals surface area (Å²) >= 11 is 0. The van der Waals surface area contributed by atoms with Crippen LogP contribution < -0.4 is 4.90 Å². The number of carbonyl (C=O) groups is 1. The van der Waals surface area contributed by atoms with E-state index in [4.69, 9.17) is 10.00 Å². The SMILES string of the molecule is N#CC1CN(c2ncccc2C(=O)N2CCCCC2)CCO1. The van der Waals surface area contributed by atoms with E-state index < -0.39 is 6.10 Å². The van der Waals surface area contributed by atoms with Gasteiger partial charge in [0.25, 0.3) is 5.91 Å². The number of hydrogen-bond acceptors (Lipinski definition) is 5. The van der Waals surface area contributed by atoms with E-state index in [2.05, 4.69) is 11.1 Å². The van der Waals surface area contributed by atoms with Gasteiger partial charge in [-0.2, -0.15) is 5.26 Å². The Morgan fingerprint density at radius 1 is 1.32 bits per heavy atom. The highest BCUT2D eigenvalue weighted by Gasteiger charge is 2.27. The van der Waals surface area contributed by atoms with Gasteiger partial charge in [0.2, 0.25) is 0 Å². The van der Waals surface area contributed by atoms with Crippen LogP contribution in [0.25, 0.3) is 0 Å². The van der Waals surface area contributed by atoms with Crippen molar-refractivity contribution in [1.82, 2.24) is 9.88 Å². The molecule has 1 aromatic heterocycles. The third kappa shape index (κ3) is 3.04. The largest absolute Gasteiger partial charge is 0.360 e. The molecule has 116 valence electrons. The molecular formula is C16H20N4O2. The predicted molar refractivity (Wildman–Crippen MR) is 81.6 cm³/mol. The van der Waals surface area contributed by atoms with E-state index in [0.717, 1.165) is 25.9 Å². The van der Waals surface area contributed by atoms with Crippen molar-refractivity contribution >= 4 is 11.7 Å². The van der Waals surface area contributed by atoms with Crippen LogP contribution in [0.5, 0.6) is 0 Å². The van der Waals surface area contributed by atoms with Gasteiger partial charge in [-0.25, -0.2) is 4.98 Å². The highest BCUT2D eigenvalue weighted by atomic mass is 16.5. The lowest BCUT2D eigenvalue weighted by Gasteiger charge is -2.33. The van der Waals surface area contributed by atoms with Gasteiger partial charge in [0.1, 0.15) is 5.82 Å². The van der Waals surface area contributed by atoms with Crippen molar-refractivity contribution in [2.45, 2.75) is 25.4 Å². The van der Waals surface area contributed by atoms with E-state index in [1.165, 1.54) is 6.42 Å². The zero-order chi connectivity index (χ0) is 15.4. The highest BCUT2D eigenvalue weighted by Crippen LogP contribution is 2.23. The molecule has 2 aliphatic heterocycles. The summed E-state index contributed by atoms with van der Waals surface area (Å²) in [6.45, 7) is 3.21. The number of morpholine rings is 1. The van der Waals surface area contributed by atoms with E-state index >= 15 is 0 Å². The zero-order valence-electron chi connectivity index (χ0n) is 12.6. The number of anilines is 1. The standard InChI is InChI=1S/C16H20N4O2/c17-11-13-12-20(9-10-22-13)15-14(5-4-6-18-15)16(21)19-7-2-1-3-8-19/h4-6,13H,1-3,7-10,12H2. The molecule has 2 aliphatic rings. The van der Waals surface area contributed by atoms with Crippen LogP contribution in [0.3, 0.4) is 0 Å². The molecule has 6 nitrogen and oxygen atoms in total. The molecular weight excluding hydrogens is 280 g/mol. The van der Waals surface area contributed by atoms with Gasteiger partial charge in [0.15, 0.2) is 6.10 Å². The second-order valence-corrected chi connectivity index (χ2v) is 5.66. The van der Waals surface area contributed by atoms with Crippen molar-refractivity contribution < 1.29 is 9.53 Å². The van der Waals surface area contributed by atoms with E-state index in [1.807, 2.05) is 15.9 Å². The maximum Gasteiger partial charge on any atom is 0.257 e. The quantitative estimate of drug-likeness (QED) is 0.826. The van der Waals surface area contributed by atoms with Crippen molar-refractivity contribution in [1.29, 1.82) is 5.26 Å². The lowest BCUT2D eigenvalue weighted by Crippen LogP contribution is -2.44. The fraction of sp³-hybridized carbons (Fsp3) is 0.562. The Morgan fingerprint density at radius 2 is 2.14 bits per heavy atom. The smallest absolute Gasteiger partial charge is 0.257 e. The molecule has 0 radical (unpaired) electrons. The summed E-state index contributed by atoms with van der Waals surface area (Å²) in [4.78, 5) is 21.1. The molecule has 22 heavy (non-hydrogen) atoms. The summed E-state index contributed by atoms with van der Waals surface area (Å²) < 4.78 is 5.37. The molecule has 0 aromatic carbocycles. The maximum absolute atomic E-state index is 12.8. The molecule has 0 N–H and O–H groups in total. The van der Waals surface area contributed by atoms with Gasteiger partial charge in [0.05, 0.1) is 24.8 Å². The first kappa shape index (κ1) is 14.8. The molecule has 2 fully saturated rings. The molecule has 3 heterocycles. The average Bonchev–Trinajstić information content (AvgIpc) is 2.62. The van der Waals surface area contributed by atoms with Crippen LogP contribution in [0.4, 0.5) is 5.82 Å². The minimum Gasteiger partial charge on any atom is -0.360 e. The van der Waals surface area contributed by atoms with E-state index in [1.54, 1.807) is 12.3 Å². The van der Waals surface area contributed by atoms with E-state index in [9.17, 15) is 4.79 Å². The highest BCUT2D eigenvalue weighted by molar-refractivity contribution is 5.99. The van der Waals surface area contributed by atoms with E-state index in [-0.39, 0.29) is 5.91 Å². The number of nitrogens with zero attached hydrogens (tertiary/aromatic N) is 4. The molecule has 2 saturated heterocycles. The van der Waals surface area contributed by atoms with Crippen LogP contribution in [-0.4, -0.2) is 54.7 Å². The van der Waals surface area contributed by atoms with Crippen molar-refractivity contribution in [2.75, 3.05) is 37.7 Å². The first-order valence-corrected chi connectivity index (χ1v) is 7.80. The number of amides is 1. The predicted octanol–water partition coefficient (Wildman–Crippen LogP) is 1.44. The van der Waals surface area contributed by atoms with Crippen LogP contribution in [-0.2, 0) is 4.74 Å². The first-order valence-electron chi connectivity index (χ1n) is 7.80. The second kappa shape index (κ2) is 6.75. The van der Waals surface area contributed by atoms with Crippen molar-refractivity contribution in [3.05, 3.63) is 23.9 Å². The van der Waals surface area contributed by atoms with Crippen molar-refractivity contribution in [3.63, 3.8) is 0 Å². The van der Waals surface area contributed by atoms with Gasteiger partial charge in [-0.05, 0) is 31.4 Å². The molecule has 0 bridgehead atoms. The molecule has 0 aliphatic carbocycles. The van der Waals surface area contributed by atoms with Crippen molar-refractivity contribution in [3.8, 4) is 6.07 Å². The monoisotopic (exact) mass is 300 g/mol. The Labute approximate surface area is 130 Å². The normalized spacial score (nSPS) is 22.2. The maximum atomic E-state index is 12.8. The first-order chi connectivity index (χ1) is 10.8. The van der Waals surface area contributed by atoms with Crippen LogP contribution in [0.2, 0.25) is 0 Å². The molecule has 6 heteroatoms. The zero-order valence-corrected chi connectivity index (χ0v) is 12.6. The number of pyridine rings is 1. The second-order valence-electron chi connectivity index (χ2n) is 5.66. The van der Waals surface area contributed by atoms with Gasteiger partial charge in [0, 0.05) is 25.8 Å². The Bertz CT molecular complexity index is 578. The number of rotatable bonds is 2. The molecule has 1 aromatic rings. The van der Waals surface area contributed by atoms with Crippen molar-refractivity contribution in [2.24, 2.45) is 0 Å². The summed E-state index contributed by atoms with van der Waals surface area (Å²) in [7, 11) is 0. The number of nitriles is 1. The summed E-state index contributed by atoms with van der Waals surface area (Å²) in [6, 6.07) is 5.75. The Balaban J connectivity index is 1.83. The minimum absolute atomic E-state index is 0.0443. The lowest BCUT2D eigenvalue weighted by molar-refractivity contribution is 0.0710. The molecule has 1 atom stereocenters. The molecule has 3 rings (SSSR count). The fourth-order valence-corrected chi connectivity index (χ4v) is 3.00. The molecule has 1 unspecified atom stereocenters. The van der Waals surface area contributed by atoms with Gasteiger partial charge in [-0.15, -0.1) is 0 Å². The van der Waals surface area contributed by atoms with Gasteiger partial charge < -0.3 is 14.5 Å². The Hall–Kier alpha value is -2.13. The number of piperidine rings is 1. The van der Waals surface area contributed by atoms with E-state index in [0.29, 0.717) is 31.1 Å². The summed E-state index contributed by atoms with van der Waals surface area (Å²) in [6.07, 6.45) is 4.55. The van der Waals surface area contributed by atoms with Crippen LogP contribution in [0.15, 0.2) is 18.3 Å². The van der Waals surface area contributed by atoms with Crippen LogP contribution in [0, 0.1) is 11.3 Å². The van der Waals surface area contributed by atoms with Gasteiger partial charge >= 0.3 is 0 Å². The topological polar surface area (TPSA) is 69.5 Å². The molecule has 0 spiro atoms. The minimum atomic E-state index is -0.464.